The van der Waals surface area contributed by atoms with Gasteiger partial charge in [0, 0.05) is 56.4 Å². The molecule has 4 nitrogen and oxygen atoms in total. The van der Waals surface area contributed by atoms with Crippen molar-refractivity contribution in [3.05, 3.63) is 87.7 Å². The van der Waals surface area contributed by atoms with Crippen LogP contribution in [-0.4, -0.2) is 41.7 Å². The number of halogens is 2. The third kappa shape index (κ3) is 5.09. The van der Waals surface area contributed by atoms with E-state index < -0.39 is 0 Å². The van der Waals surface area contributed by atoms with E-state index in [4.69, 9.17) is 4.74 Å². The van der Waals surface area contributed by atoms with Crippen molar-refractivity contribution in [2.24, 2.45) is 0 Å². The molecule has 6 heteroatoms. The molecular weight excluding hydrogens is 489 g/mol. The van der Waals surface area contributed by atoms with E-state index in [1.165, 1.54) is 44.6 Å². The van der Waals surface area contributed by atoms with Crippen LogP contribution in [0, 0.1) is 27.7 Å². The zero-order chi connectivity index (χ0) is 24.0. The number of anilines is 1. The van der Waals surface area contributed by atoms with E-state index in [1.807, 2.05) is 18.5 Å². The fourth-order valence-electron chi connectivity index (χ4n) is 5.96. The number of ether oxygens (including phenoxy) is 1. The molecule has 0 aliphatic carbocycles. The van der Waals surface area contributed by atoms with Crippen LogP contribution >= 0.6 is 24.8 Å². The van der Waals surface area contributed by atoms with Crippen molar-refractivity contribution >= 4 is 30.5 Å². The number of fused-ring (bicyclic) bond motifs is 1. The Hall–Kier alpha value is -2.27. The third-order valence-corrected chi connectivity index (χ3v) is 7.84. The van der Waals surface area contributed by atoms with Crippen molar-refractivity contribution in [2.75, 3.05) is 31.1 Å². The molecule has 2 aromatic carbocycles. The minimum absolute atomic E-state index is 0. The normalized spacial score (nSPS) is 18.6. The Kier molecular flexibility index (Phi) is 8.65. The van der Waals surface area contributed by atoms with Gasteiger partial charge in [-0.15, -0.1) is 24.8 Å². The van der Waals surface area contributed by atoms with Crippen molar-refractivity contribution in [3.8, 4) is 5.75 Å². The van der Waals surface area contributed by atoms with E-state index in [0.29, 0.717) is 0 Å². The maximum Gasteiger partial charge on any atom is 0.127 e. The Morgan fingerprint density at radius 1 is 0.889 bits per heavy atom. The lowest BCUT2D eigenvalue weighted by Gasteiger charge is -2.38. The summed E-state index contributed by atoms with van der Waals surface area (Å²) < 4.78 is 6.68. The van der Waals surface area contributed by atoms with Crippen LogP contribution in [0.25, 0.3) is 0 Å². The zero-order valence-corrected chi connectivity index (χ0v) is 23.9. The highest BCUT2D eigenvalue weighted by Crippen LogP contribution is 2.54. The van der Waals surface area contributed by atoms with Gasteiger partial charge in [-0.2, -0.15) is 0 Å². The van der Waals surface area contributed by atoms with E-state index in [1.54, 1.807) is 0 Å². The topological polar surface area (TPSA) is 28.6 Å². The molecule has 0 spiro atoms. The van der Waals surface area contributed by atoms with Crippen molar-refractivity contribution < 1.29 is 4.74 Å². The molecule has 3 aromatic rings. The maximum atomic E-state index is 6.68. The SMILES string of the molecule is Cc1ccc(C2c3c(C)c(N4CCN(Cc5cccnc5)CC4)c(C)c(C)c3OC2(C)C)cc1.Cl.Cl. The van der Waals surface area contributed by atoms with E-state index in [-0.39, 0.29) is 36.3 Å². The molecule has 36 heavy (non-hydrogen) atoms. The number of benzene rings is 2. The standard InChI is InChI=1S/C30H37N3O.2ClH/c1-20-9-11-25(12-10-20)27-26-23(4)28(21(2)22(3)29(26)34-30(27,5)6)33-16-14-32(15-17-33)19-24-8-7-13-31-18-24;;/h7-13,18,27H,14-17,19H2,1-6H3;2*1H. The molecule has 0 radical (unpaired) electrons. The number of hydrogen-bond donors (Lipinski definition) is 0. The van der Waals surface area contributed by atoms with Gasteiger partial charge < -0.3 is 9.64 Å². The first kappa shape index (κ1) is 28.3. The van der Waals surface area contributed by atoms with E-state index in [0.717, 1.165) is 38.5 Å². The van der Waals surface area contributed by atoms with Gasteiger partial charge in [-0.05, 0) is 75.4 Å². The first-order chi connectivity index (χ1) is 16.3. The monoisotopic (exact) mass is 527 g/mol. The predicted molar refractivity (Wildman–Crippen MR) is 155 cm³/mol. The summed E-state index contributed by atoms with van der Waals surface area (Å²) in [7, 11) is 0. The number of piperazine rings is 1. The third-order valence-electron chi connectivity index (χ3n) is 7.84. The lowest BCUT2D eigenvalue weighted by Crippen LogP contribution is -2.46. The summed E-state index contributed by atoms with van der Waals surface area (Å²) >= 11 is 0. The summed E-state index contributed by atoms with van der Waals surface area (Å²) in [4.78, 5) is 9.43. The summed E-state index contributed by atoms with van der Waals surface area (Å²) in [5, 5.41) is 0. The van der Waals surface area contributed by atoms with Crippen molar-refractivity contribution in [3.63, 3.8) is 0 Å². The molecule has 5 rings (SSSR count). The largest absolute Gasteiger partial charge is 0.486 e. The molecule has 0 N–H and O–H groups in total. The number of rotatable bonds is 4. The first-order valence-electron chi connectivity index (χ1n) is 12.5. The summed E-state index contributed by atoms with van der Waals surface area (Å²) in [6.07, 6.45) is 3.83. The number of aryl methyl sites for hydroxylation is 1. The maximum absolute atomic E-state index is 6.68. The van der Waals surface area contributed by atoms with Crippen molar-refractivity contribution in [2.45, 2.75) is 59.6 Å². The van der Waals surface area contributed by atoms with Crippen molar-refractivity contribution in [1.82, 2.24) is 9.88 Å². The Labute approximate surface area is 228 Å². The van der Waals surface area contributed by atoms with Crippen LogP contribution < -0.4 is 9.64 Å². The Balaban J connectivity index is 0.00000180. The highest BCUT2D eigenvalue weighted by molar-refractivity contribution is 5.85. The van der Waals surface area contributed by atoms with Gasteiger partial charge in [0.2, 0.25) is 0 Å². The van der Waals surface area contributed by atoms with Gasteiger partial charge >= 0.3 is 0 Å². The lowest BCUT2D eigenvalue weighted by molar-refractivity contribution is 0.121. The molecule has 0 amide bonds. The van der Waals surface area contributed by atoms with E-state index in [9.17, 15) is 0 Å². The van der Waals surface area contributed by atoms with Crippen LogP contribution in [0.3, 0.4) is 0 Å². The van der Waals surface area contributed by atoms with Crippen LogP contribution in [-0.2, 0) is 6.54 Å². The van der Waals surface area contributed by atoms with E-state index in [2.05, 4.69) is 86.7 Å². The molecule has 1 atom stereocenters. The summed E-state index contributed by atoms with van der Waals surface area (Å²) in [6.45, 7) is 18.6. The van der Waals surface area contributed by atoms with Gasteiger partial charge in [-0.3, -0.25) is 9.88 Å². The quantitative estimate of drug-likeness (QED) is 0.373. The predicted octanol–water partition coefficient (Wildman–Crippen LogP) is 6.78. The molecule has 3 heterocycles. The Morgan fingerprint density at radius 3 is 2.17 bits per heavy atom. The van der Waals surface area contributed by atoms with Gasteiger partial charge in [-0.1, -0.05) is 35.9 Å². The second-order valence-electron chi connectivity index (χ2n) is 10.6. The Morgan fingerprint density at radius 2 is 1.56 bits per heavy atom. The minimum atomic E-state index is -0.277. The average molecular weight is 529 g/mol. The Bertz CT molecular complexity index is 1190. The molecule has 1 aromatic heterocycles. The van der Waals surface area contributed by atoms with Crippen LogP contribution in [0.5, 0.6) is 5.75 Å². The molecule has 1 fully saturated rings. The number of aromatic nitrogens is 1. The number of hydrogen-bond acceptors (Lipinski definition) is 4. The summed E-state index contributed by atoms with van der Waals surface area (Å²) in [5.41, 5.74) is 10.5. The van der Waals surface area contributed by atoms with Gasteiger partial charge in [0.25, 0.3) is 0 Å². The van der Waals surface area contributed by atoms with Gasteiger partial charge in [0.05, 0.1) is 5.92 Å². The van der Waals surface area contributed by atoms with Crippen LogP contribution in [0.15, 0.2) is 48.8 Å². The second-order valence-corrected chi connectivity index (χ2v) is 10.6. The molecule has 194 valence electrons. The summed E-state index contributed by atoms with van der Waals surface area (Å²) in [5.74, 6) is 1.33. The van der Waals surface area contributed by atoms with Crippen LogP contribution in [0.2, 0.25) is 0 Å². The summed E-state index contributed by atoms with van der Waals surface area (Å²) in [6, 6.07) is 13.2. The molecule has 0 bridgehead atoms. The highest BCUT2D eigenvalue weighted by Gasteiger charge is 2.45. The average Bonchev–Trinajstić information content (AvgIpc) is 3.11. The first-order valence-corrected chi connectivity index (χ1v) is 12.5. The number of pyridine rings is 1. The van der Waals surface area contributed by atoms with Crippen LogP contribution in [0.1, 0.15) is 58.7 Å². The minimum Gasteiger partial charge on any atom is -0.486 e. The van der Waals surface area contributed by atoms with Gasteiger partial charge in [-0.25, -0.2) is 0 Å². The molecule has 1 unspecified atom stereocenters. The van der Waals surface area contributed by atoms with E-state index >= 15 is 0 Å². The molecule has 1 saturated heterocycles. The zero-order valence-electron chi connectivity index (χ0n) is 22.3. The fraction of sp³-hybridized carbons (Fsp3) is 0.433. The smallest absolute Gasteiger partial charge is 0.127 e. The molecule has 0 saturated carbocycles. The molecule has 2 aliphatic rings. The fourth-order valence-corrected chi connectivity index (χ4v) is 5.96. The van der Waals surface area contributed by atoms with Gasteiger partial charge in [0.1, 0.15) is 11.4 Å². The van der Waals surface area contributed by atoms with Crippen LogP contribution in [0.4, 0.5) is 5.69 Å². The van der Waals surface area contributed by atoms with Gasteiger partial charge in [0.15, 0.2) is 0 Å². The molecular formula is C30H39Cl2N3O. The lowest BCUT2D eigenvalue weighted by atomic mass is 9.78. The number of nitrogens with zero attached hydrogens (tertiary/aromatic N) is 3. The molecule has 2 aliphatic heterocycles. The second kappa shape index (κ2) is 11.0. The highest BCUT2D eigenvalue weighted by atomic mass is 35.5. The van der Waals surface area contributed by atoms with Crippen molar-refractivity contribution in [1.29, 1.82) is 0 Å².